The van der Waals surface area contributed by atoms with E-state index >= 15 is 0 Å². The summed E-state index contributed by atoms with van der Waals surface area (Å²) in [5, 5.41) is 82.4. The minimum absolute atomic E-state index is 0. The van der Waals surface area contributed by atoms with Crippen molar-refractivity contribution in [2.45, 2.75) is 194 Å². The minimum atomic E-state index is -3.71. The number of benzene rings is 3. The van der Waals surface area contributed by atoms with E-state index in [0.717, 1.165) is 35.8 Å². The van der Waals surface area contributed by atoms with E-state index < -0.39 is 145 Å². The molecule has 33 nitrogen and oxygen atoms in total. The van der Waals surface area contributed by atoms with Crippen LogP contribution in [0, 0.1) is 23.7 Å². The van der Waals surface area contributed by atoms with Gasteiger partial charge >= 0.3 is 41.5 Å². The van der Waals surface area contributed by atoms with Gasteiger partial charge in [-0.3, -0.25) is 37.9 Å². The average Bonchev–Trinajstić information content (AvgIpc) is 0.849. The quantitative estimate of drug-likeness (QED) is 0.00722. The third-order valence-corrected chi connectivity index (χ3v) is 16.8. The Balaban J connectivity index is 0.00000126. The predicted molar refractivity (Wildman–Crippen MR) is 363 cm³/mol. The second-order valence-electron chi connectivity index (χ2n) is 23.3. The number of halogens is 2. The molecule has 12 N–H and O–H groups in total. The molecule has 0 spiro atoms. The number of aliphatic hydroxyl groups excluding tert-OH is 8. The van der Waals surface area contributed by atoms with Crippen LogP contribution in [0.5, 0.6) is 0 Å². The zero-order valence-corrected chi connectivity index (χ0v) is 62.2. The molecule has 4 heterocycles. The maximum atomic E-state index is 12.3. The standard InChI is InChI=1S/C20H29NO5.C15H21NO7.C14H25NO7S.C9H9ClO2.C6H12ClNO5.CH4.N3.Na/c1-5-17-13(2)14(3)19(20(26-17)25-15(4)22)21-18(23)12-24-11-16-9-7-6-8-10-16;17-6-10-13(19)14(20)12(15(21)23-10)16-11(18)8-22-7-9-4-2-1-3-5-9;1-6-11-8(2)9(3)13(14(22-11)21-10(4)16)15-12(17)7-20-23(5,18)19;10-9(11)7-12-6-8-4-2-1-3-5-8;7-8-3-5(11)4(10)2(1-9)13-6(3)12;;1-3-2;/h6-10,13-14,17,19-20H,5,11-12H2,1-4H3,(H,21,23);1-5,10,12-15,17,19-21H,6-8H2,(H,16,18);8-9,11,13-14H,6-7H2,1-5H3,(H,15,17);1-5H,6-7H2;2-6,8-12H,1H2;1H4;;/q;;;;;;-1;+1/t13-,14-,17?,19?,20?;10?,12?,13-,14-,15?;8-,9-,11?,13?,14?;;2?,3?,4-,5-,6?;;;/m010.1.../s1. The zero-order chi connectivity index (χ0) is 75.2. The fraction of sp³-hybridized carbons (Fsp3) is 0.631. The van der Waals surface area contributed by atoms with Gasteiger partial charge < -0.3 is 110 Å². The molecule has 4 aliphatic rings. The summed E-state index contributed by atoms with van der Waals surface area (Å²) in [4.78, 5) is 72.5. The SMILES string of the molecule is C.CCC1OC(OC(C)=O)C(NC(=O)COCc2ccccc2)[C@@H](C)[C@@H]1C.CCC1OC(OC(C)=O)C(NC(=O)COS(C)(=O)=O)[C@@H](C)[C@@H]1C.O=C(COCc1ccccc1)NC1C(O)OC(CO)[C@@H](O)[C@@H]1O.O=C(Cl)COCc1ccccc1.OCC1OC(O)C(NCl)[C@@H](O)[C@@H]1O.[N-]=[N+]=[N-].[Na+]. The Labute approximate surface area is 626 Å². The largest absolute Gasteiger partial charge is 1.00 e. The van der Waals surface area contributed by atoms with Crippen LogP contribution in [0.4, 0.5) is 0 Å². The van der Waals surface area contributed by atoms with Crippen LogP contribution in [-0.4, -0.2) is 228 Å². The summed E-state index contributed by atoms with van der Waals surface area (Å²) in [5.41, 5.74) is 16.4. The Morgan fingerprint density at radius 2 is 0.824 bits per heavy atom. The van der Waals surface area contributed by atoms with E-state index in [9.17, 15) is 67.8 Å². The van der Waals surface area contributed by atoms with Gasteiger partial charge in [0.25, 0.3) is 10.1 Å². The van der Waals surface area contributed by atoms with Crippen molar-refractivity contribution < 1.29 is 154 Å². The number of rotatable bonds is 25. The first-order chi connectivity index (χ1) is 47.3. The molecule has 12 unspecified atom stereocenters. The van der Waals surface area contributed by atoms with E-state index in [4.69, 9.17) is 87.3 Å². The van der Waals surface area contributed by atoms with Gasteiger partial charge in [0.05, 0.1) is 63.6 Å². The fourth-order valence-corrected chi connectivity index (χ4v) is 10.9. The maximum absolute atomic E-state index is 12.3. The molecule has 20 atom stereocenters. The molecule has 0 bridgehead atoms. The van der Waals surface area contributed by atoms with Crippen molar-refractivity contribution in [2.75, 3.05) is 45.9 Å². The number of nitrogens with zero attached hydrogens (tertiary/aromatic N) is 3. The normalized spacial score (nSPS) is 28.4. The molecule has 0 saturated carbocycles. The van der Waals surface area contributed by atoms with E-state index in [1.807, 2.05) is 126 Å². The number of amides is 3. The van der Waals surface area contributed by atoms with Crippen LogP contribution < -0.4 is 50.3 Å². The third kappa shape index (κ3) is 35.8. The first-order valence-corrected chi connectivity index (χ1v) is 34.3. The van der Waals surface area contributed by atoms with Crippen LogP contribution in [0.25, 0.3) is 16.0 Å². The topological polar surface area (TPSA) is 498 Å². The molecular weight excluding hydrogens is 1420 g/mol. The Kier molecular flexibility index (Phi) is 49.3. The average molecular weight is 1520 g/mol. The minimum Gasteiger partial charge on any atom is -0.434 e. The molecule has 3 aromatic carbocycles. The molecule has 4 saturated heterocycles. The molecule has 102 heavy (non-hydrogen) atoms. The number of hydrogen-bond acceptors (Lipinski definition) is 27. The Bertz CT molecular complexity index is 3030. The van der Waals surface area contributed by atoms with Crippen LogP contribution in [0.2, 0.25) is 0 Å². The second-order valence-corrected chi connectivity index (χ2v) is 25.6. The monoisotopic (exact) mass is 1520 g/mol. The van der Waals surface area contributed by atoms with Crippen molar-refractivity contribution in [3.8, 4) is 0 Å². The molecule has 4 aliphatic heterocycles. The van der Waals surface area contributed by atoms with Crippen molar-refractivity contribution in [2.24, 2.45) is 23.7 Å². The van der Waals surface area contributed by atoms with Gasteiger partial charge in [-0.25, -0.2) is 4.84 Å². The van der Waals surface area contributed by atoms with Gasteiger partial charge in [0, 0.05) is 13.8 Å². The van der Waals surface area contributed by atoms with Gasteiger partial charge in [-0.1, -0.05) is 140 Å². The Morgan fingerprint density at radius 1 is 0.510 bits per heavy atom. The van der Waals surface area contributed by atoms with Gasteiger partial charge in [0.15, 0.2) is 12.6 Å². The molecular formula is C65H100Cl2N7NaO26S. The number of carbonyl (C=O) groups is 6. The van der Waals surface area contributed by atoms with Crippen molar-refractivity contribution in [3.63, 3.8) is 0 Å². The number of nitrogens with one attached hydrogen (secondary N) is 4. The Morgan fingerprint density at radius 3 is 1.13 bits per heavy atom. The number of ether oxygens (including phenoxy) is 9. The molecule has 0 aromatic heterocycles. The number of aliphatic hydroxyl groups is 8. The van der Waals surface area contributed by atoms with Gasteiger partial charge in [-0.05, 0) is 76.6 Å². The van der Waals surface area contributed by atoms with Crippen molar-refractivity contribution in [3.05, 3.63) is 124 Å². The van der Waals surface area contributed by atoms with Gasteiger partial charge in [-0.15, -0.1) is 0 Å². The number of carbonyl (C=O) groups excluding carboxylic acids is 6. The van der Waals surface area contributed by atoms with E-state index in [2.05, 4.69) is 31.9 Å². The van der Waals surface area contributed by atoms with Gasteiger partial charge in [0.2, 0.25) is 35.5 Å². The first-order valence-electron chi connectivity index (χ1n) is 31.7. The maximum Gasteiger partial charge on any atom is 1.00 e. The van der Waals surface area contributed by atoms with E-state index in [1.165, 1.54) is 18.8 Å². The summed E-state index contributed by atoms with van der Waals surface area (Å²) in [6.07, 6.45) is -9.77. The Hall–Kier alpha value is -5.16. The summed E-state index contributed by atoms with van der Waals surface area (Å²) in [6.45, 7) is 13.7. The van der Waals surface area contributed by atoms with Crippen molar-refractivity contribution >= 4 is 68.4 Å². The second kappa shape index (κ2) is 51.9. The summed E-state index contributed by atoms with van der Waals surface area (Å²) < 4.78 is 74.0. The van der Waals surface area contributed by atoms with Crippen LogP contribution in [0.3, 0.4) is 0 Å². The molecule has 0 aliphatic carbocycles. The van der Waals surface area contributed by atoms with Crippen LogP contribution >= 0.6 is 23.4 Å². The molecule has 0 radical (unpaired) electrons. The molecule has 4 fully saturated rings. The summed E-state index contributed by atoms with van der Waals surface area (Å²) in [5.74, 6) is -1.92. The van der Waals surface area contributed by atoms with E-state index in [0.29, 0.717) is 13.2 Å². The number of hydrogen-bond donors (Lipinski definition) is 12. The molecule has 572 valence electrons. The zero-order valence-electron chi connectivity index (χ0n) is 57.9. The molecule has 7 rings (SSSR count). The summed E-state index contributed by atoms with van der Waals surface area (Å²) in [6, 6.07) is 25.4. The molecule has 3 aromatic rings. The van der Waals surface area contributed by atoms with Gasteiger partial charge in [0.1, 0.15) is 75.1 Å². The molecule has 3 amide bonds. The molecule has 37 heteroatoms. The van der Waals surface area contributed by atoms with Crippen molar-refractivity contribution in [1.82, 2.24) is 20.8 Å². The van der Waals surface area contributed by atoms with E-state index in [-0.39, 0.29) is 105 Å². The van der Waals surface area contributed by atoms with Crippen molar-refractivity contribution in [1.29, 1.82) is 0 Å². The van der Waals surface area contributed by atoms with Crippen LogP contribution in [-0.2, 0) is 106 Å². The smallest absolute Gasteiger partial charge is 0.434 e. The number of esters is 2. The third-order valence-electron chi connectivity index (χ3n) is 15.9. The summed E-state index contributed by atoms with van der Waals surface area (Å²) in [7, 11) is -3.71. The van der Waals surface area contributed by atoms with E-state index in [1.54, 1.807) is 0 Å². The van der Waals surface area contributed by atoms with Gasteiger partial charge in [-0.2, -0.15) is 8.42 Å². The first kappa shape index (κ1) is 96.8. The van der Waals surface area contributed by atoms with Crippen LogP contribution in [0.1, 0.15) is 92.3 Å². The predicted octanol–water partition coefficient (Wildman–Crippen LogP) is -0.800. The van der Waals surface area contributed by atoms with Crippen LogP contribution in [0.15, 0.2) is 91.0 Å². The summed E-state index contributed by atoms with van der Waals surface area (Å²) >= 11 is 10.3. The fourth-order valence-electron chi connectivity index (χ4n) is 10.3.